The van der Waals surface area contributed by atoms with Crippen LogP contribution in [0.25, 0.3) is 0 Å². The molecule has 1 aromatic carbocycles. The Morgan fingerprint density at radius 1 is 1.50 bits per heavy atom. The zero-order valence-corrected chi connectivity index (χ0v) is 11.2. The number of carboxylic acid groups (broad SMARTS) is 1. The third kappa shape index (κ3) is 3.25. The number of hydrogen-bond acceptors (Lipinski definition) is 2. The van der Waals surface area contributed by atoms with Crippen LogP contribution in [0.4, 0.5) is 0 Å². The maximum Gasteiger partial charge on any atom is 0.336 e. The standard InChI is InChI=1S/C12H13BrO2S/c13-11-4-3-9(7-10(11)12(14)15)16-6-5-8-1-2-8/h3-4,7-8H,1-2,5-6H2,(H,14,15). The van der Waals surface area contributed by atoms with E-state index in [0.717, 1.165) is 16.6 Å². The highest BCUT2D eigenvalue weighted by Gasteiger charge is 2.20. The van der Waals surface area contributed by atoms with Gasteiger partial charge in [-0.3, -0.25) is 0 Å². The largest absolute Gasteiger partial charge is 0.478 e. The molecule has 0 saturated heterocycles. The van der Waals surface area contributed by atoms with E-state index in [4.69, 9.17) is 5.11 Å². The highest BCUT2D eigenvalue weighted by Crippen LogP contribution is 2.35. The molecule has 1 aliphatic rings. The van der Waals surface area contributed by atoms with Gasteiger partial charge in [0.2, 0.25) is 0 Å². The number of hydrogen-bond donors (Lipinski definition) is 1. The average molecular weight is 301 g/mol. The van der Waals surface area contributed by atoms with E-state index in [1.54, 1.807) is 17.8 Å². The van der Waals surface area contributed by atoms with Crippen LogP contribution in [-0.4, -0.2) is 16.8 Å². The van der Waals surface area contributed by atoms with Crippen LogP contribution in [0.15, 0.2) is 27.6 Å². The van der Waals surface area contributed by atoms with Gasteiger partial charge in [-0.15, -0.1) is 11.8 Å². The first-order chi connectivity index (χ1) is 7.66. The van der Waals surface area contributed by atoms with Crippen molar-refractivity contribution in [1.82, 2.24) is 0 Å². The molecule has 0 bridgehead atoms. The second kappa shape index (κ2) is 5.23. The van der Waals surface area contributed by atoms with Gasteiger partial charge in [-0.05, 0) is 52.2 Å². The van der Waals surface area contributed by atoms with Crippen LogP contribution >= 0.6 is 27.7 Å². The number of carboxylic acids is 1. The van der Waals surface area contributed by atoms with E-state index in [9.17, 15) is 4.79 Å². The lowest BCUT2D eigenvalue weighted by molar-refractivity contribution is 0.0695. The van der Waals surface area contributed by atoms with Crippen molar-refractivity contribution in [3.05, 3.63) is 28.2 Å². The van der Waals surface area contributed by atoms with Crippen LogP contribution in [0.3, 0.4) is 0 Å². The molecule has 0 spiro atoms. The molecule has 1 aliphatic carbocycles. The van der Waals surface area contributed by atoms with Crippen molar-refractivity contribution in [2.75, 3.05) is 5.75 Å². The quantitative estimate of drug-likeness (QED) is 0.834. The van der Waals surface area contributed by atoms with Crippen molar-refractivity contribution < 1.29 is 9.90 Å². The molecule has 1 fully saturated rings. The van der Waals surface area contributed by atoms with Crippen LogP contribution in [0.1, 0.15) is 29.6 Å². The molecular formula is C12H13BrO2S. The van der Waals surface area contributed by atoms with Crippen LogP contribution in [0.2, 0.25) is 0 Å². The summed E-state index contributed by atoms with van der Waals surface area (Å²) in [4.78, 5) is 12.0. The summed E-state index contributed by atoms with van der Waals surface area (Å²) in [5.74, 6) is 1.14. The number of rotatable bonds is 5. The first kappa shape index (κ1) is 12.0. The number of benzene rings is 1. The van der Waals surface area contributed by atoms with Crippen molar-refractivity contribution in [2.24, 2.45) is 5.92 Å². The lowest BCUT2D eigenvalue weighted by atomic mass is 10.2. The molecular weight excluding hydrogens is 288 g/mol. The second-order valence-electron chi connectivity index (χ2n) is 4.03. The Labute approximate surface area is 108 Å². The first-order valence-electron chi connectivity index (χ1n) is 5.32. The maximum atomic E-state index is 10.9. The maximum absolute atomic E-state index is 10.9. The van der Waals surface area contributed by atoms with Crippen LogP contribution < -0.4 is 0 Å². The first-order valence-corrected chi connectivity index (χ1v) is 7.10. The summed E-state index contributed by atoms with van der Waals surface area (Å²) in [6, 6.07) is 5.51. The van der Waals surface area contributed by atoms with E-state index < -0.39 is 5.97 Å². The van der Waals surface area contributed by atoms with Crippen LogP contribution in [0.5, 0.6) is 0 Å². The fourth-order valence-corrected chi connectivity index (χ4v) is 2.98. The van der Waals surface area contributed by atoms with E-state index in [0.29, 0.717) is 10.0 Å². The van der Waals surface area contributed by atoms with Crippen LogP contribution in [0, 0.1) is 5.92 Å². The fraction of sp³-hybridized carbons (Fsp3) is 0.417. The third-order valence-electron chi connectivity index (χ3n) is 2.66. The highest BCUT2D eigenvalue weighted by molar-refractivity contribution is 9.10. The summed E-state index contributed by atoms with van der Waals surface area (Å²) >= 11 is 4.99. The Balaban J connectivity index is 1.97. The zero-order valence-electron chi connectivity index (χ0n) is 8.78. The normalized spacial score (nSPS) is 15.1. The Hall–Kier alpha value is -0.480. The van der Waals surface area contributed by atoms with Crippen molar-refractivity contribution in [1.29, 1.82) is 0 Å². The Morgan fingerprint density at radius 2 is 2.25 bits per heavy atom. The Kier molecular flexibility index (Phi) is 3.92. The fourth-order valence-electron chi connectivity index (χ4n) is 1.51. The SMILES string of the molecule is O=C(O)c1cc(SCCC2CC2)ccc1Br. The monoisotopic (exact) mass is 300 g/mol. The Bertz CT molecular complexity index is 402. The predicted molar refractivity (Wildman–Crippen MR) is 69.2 cm³/mol. The number of carbonyl (C=O) groups is 1. The smallest absolute Gasteiger partial charge is 0.336 e. The number of thioether (sulfide) groups is 1. The summed E-state index contributed by atoms with van der Waals surface area (Å²) < 4.78 is 0.645. The minimum absolute atomic E-state index is 0.344. The molecule has 0 atom stereocenters. The van der Waals surface area contributed by atoms with E-state index in [2.05, 4.69) is 15.9 Å². The van der Waals surface area contributed by atoms with Gasteiger partial charge in [0, 0.05) is 9.37 Å². The minimum Gasteiger partial charge on any atom is -0.478 e. The lowest BCUT2D eigenvalue weighted by Crippen LogP contribution is -1.97. The van der Waals surface area contributed by atoms with E-state index in [1.165, 1.54) is 19.3 Å². The summed E-state index contributed by atoms with van der Waals surface area (Å²) in [5, 5.41) is 8.97. The summed E-state index contributed by atoms with van der Waals surface area (Å²) in [5.41, 5.74) is 0.344. The van der Waals surface area contributed by atoms with Gasteiger partial charge in [-0.25, -0.2) is 4.79 Å². The van der Waals surface area contributed by atoms with Crippen LogP contribution in [-0.2, 0) is 0 Å². The number of halogens is 1. The molecule has 0 unspecified atom stereocenters. The molecule has 0 aliphatic heterocycles. The van der Waals surface area contributed by atoms with Crippen molar-refractivity contribution >= 4 is 33.7 Å². The number of aromatic carboxylic acids is 1. The molecule has 16 heavy (non-hydrogen) atoms. The summed E-state index contributed by atoms with van der Waals surface area (Å²) in [7, 11) is 0. The van der Waals surface area contributed by atoms with Gasteiger partial charge in [0.25, 0.3) is 0 Å². The second-order valence-corrected chi connectivity index (χ2v) is 6.05. The molecule has 4 heteroatoms. The molecule has 1 aromatic rings. The van der Waals surface area contributed by atoms with Gasteiger partial charge >= 0.3 is 5.97 Å². The molecule has 0 aromatic heterocycles. The molecule has 0 heterocycles. The molecule has 0 radical (unpaired) electrons. The molecule has 0 amide bonds. The third-order valence-corrected chi connectivity index (χ3v) is 4.38. The predicted octanol–water partition coefficient (Wildman–Crippen LogP) is 4.04. The van der Waals surface area contributed by atoms with Gasteiger partial charge in [0.05, 0.1) is 5.56 Å². The van der Waals surface area contributed by atoms with Gasteiger partial charge in [-0.2, -0.15) is 0 Å². The zero-order chi connectivity index (χ0) is 11.5. The van der Waals surface area contributed by atoms with Gasteiger partial charge in [-0.1, -0.05) is 12.8 Å². The van der Waals surface area contributed by atoms with Crippen molar-refractivity contribution in [3.63, 3.8) is 0 Å². The van der Waals surface area contributed by atoms with E-state index in [-0.39, 0.29) is 0 Å². The van der Waals surface area contributed by atoms with Crippen molar-refractivity contribution in [3.8, 4) is 0 Å². The highest BCUT2D eigenvalue weighted by atomic mass is 79.9. The van der Waals surface area contributed by atoms with Gasteiger partial charge < -0.3 is 5.11 Å². The topological polar surface area (TPSA) is 37.3 Å². The van der Waals surface area contributed by atoms with Gasteiger partial charge in [0.15, 0.2) is 0 Å². The average Bonchev–Trinajstić information content (AvgIpc) is 3.04. The molecule has 2 rings (SSSR count). The van der Waals surface area contributed by atoms with E-state index >= 15 is 0 Å². The Morgan fingerprint density at radius 3 is 2.88 bits per heavy atom. The minimum atomic E-state index is -0.878. The summed E-state index contributed by atoms with van der Waals surface area (Å²) in [6.45, 7) is 0. The summed E-state index contributed by atoms with van der Waals surface area (Å²) in [6.07, 6.45) is 4.01. The van der Waals surface area contributed by atoms with Gasteiger partial charge in [0.1, 0.15) is 0 Å². The molecule has 1 N–H and O–H groups in total. The van der Waals surface area contributed by atoms with Crippen molar-refractivity contribution in [2.45, 2.75) is 24.2 Å². The molecule has 2 nitrogen and oxygen atoms in total. The molecule has 1 saturated carbocycles. The molecule has 86 valence electrons. The van der Waals surface area contributed by atoms with E-state index in [1.807, 2.05) is 12.1 Å². The lowest BCUT2D eigenvalue weighted by Gasteiger charge is -2.04.